The number of carbonyl (C=O) groups is 2. The van der Waals surface area contributed by atoms with Gasteiger partial charge in [-0.05, 0) is 104 Å². The number of fused-ring (bicyclic) bond motifs is 7. The lowest BCUT2D eigenvalue weighted by Crippen LogP contribution is -2.65. The Balaban J connectivity index is 1.54. The quantitative estimate of drug-likeness (QED) is 0.233. The SMILES string of the molecule is CC(=O)O[C@H]1CC[C@]2(C)[C@H]3CC[C@@H]4C5=C(C(C)C)CC[C@]5(C=O)CC[C@@]4(C)[C@]3(C)CC[C@H]2C1(C)C. The van der Waals surface area contributed by atoms with Crippen LogP contribution in [0.4, 0.5) is 0 Å². The van der Waals surface area contributed by atoms with Crippen molar-refractivity contribution in [1.82, 2.24) is 0 Å². The van der Waals surface area contributed by atoms with Crippen LogP contribution in [0.25, 0.3) is 0 Å². The second-order valence-corrected chi connectivity index (χ2v) is 14.9. The van der Waals surface area contributed by atoms with Crippen LogP contribution in [0.3, 0.4) is 0 Å². The Hall–Kier alpha value is -1.12. The lowest BCUT2D eigenvalue weighted by atomic mass is 9.33. The van der Waals surface area contributed by atoms with Gasteiger partial charge in [0.05, 0.1) is 0 Å². The second-order valence-electron chi connectivity index (χ2n) is 14.9. The fourth-order valence-corrected chi connectivity index (χ4v) is 11.3. The number of rotatable bonds is 3. The van der Waals surface area contributed by atoms with Crippen LogP contribution in [0, 0.1) is 50.7 Å². The molecule has 4 fully saturated rings. The van der Waals surface area contributed by atoms with Gasteiger partial charge in [-0.2, -0.15) is 0 Å². The maximum Gasteiger partial charge on any atom is 0.302 e. The molecular formula is C32H50O3. The van der Waals surface area contributed by atoms with Crippen LogP contribution in [0.5, 0.6) is 0 Å². The molecule has 35 heavy (non-hydrogen) atoms. The van der Waals surface area contributed by atoms with Crippen molar-refractivity contribution in [1.29, 1.82) is 0 Å². The number of aldehydes is 1. The normalized spacial score (nSPS) is 48.5. The second kappa shape index (κ2) is 7.94. The lowest BCUT2D eigenvalue weighted by Gasteiger charge is -2.72. The van der Waals surface area contributed by atoms with Crippen molar-refractivity contribution in [3.8, 4) is 0 Å². The van der Waals surface area contributed by atoms with Gasteiger partial charge in [-0.1, -0.05) is 59.6 Å². The van der Waals surface area contributed by atoms with Crippen LogP contribution >= 0.6 is 0 Å². The Bertz CT molecular complexity index is 944. The predicted molar refractivity (Wildman–Crippen MR) is 141 cm³/mol. The molecule has 0 aromatic rings. The topological polar surface area (TPSA) is 43.4 Å². The molecule has 0 saturated heterocycles. The zero-order valence-corrected chi connectivity index (χ0v) is 23.8. The van der Waals surface area contributed by atoms with Gasteiger partial charge < -0.3 is 9.53 Å². The molecule has 3 heteroatoms. The fraction of sp³-hybridized carbons (Fsp3) is 0.875. The molecule has 5 aliphatic carbocycles. The molecule has 0 amide bonds. The maximum absolute atomic E-state index is 12.6. The molecule has 0 aromatic heterocycles. The van der Waals surface area contributed by atoms with E-state index in [9.17, 15) is 9.59 Å². The molecule has 0 spiro atoms. The van der Waals surface area contributed by atoms with Crippen molar-refractivity contribution in [3.63, 3.8) is 0 Å². The molecule has 196 valence electrons. The van der Waals surface area contributed by atoms with Gasteiger partial charge in [-0.3, -0.25) is 4.79 Å². The van der Waals surface area contributed by atoms with Gasteiger partial charge in [0.15, 0.2) is 0 Å². The van der Waals surface area contributed by atoms with E-state index in [0.717, 1.165) is 32.1 Å². The summed E-state index contributed by atoms with van der Waals surface area (Å²) in [7, 11) is 0. The third-order valence-electron chi connectivity index (χ3n) is 13.2. The minimum atomic E-state index is -0.168. The average Bonchev–Trinajstić information content (AvgIpc) is 3.16. The fourth-order valence-electron chi connectivity index (χ4n) is 11.3. The Morgan fingerprint density at radius 1 is 0.886 bits per heavy atom. The van der Waals surface area contributed by atoms with Gasteiger partial charge in [-0.15, -0.1) is 0 Å². The van der Waals surface area contributed by atoms with Crippen molar-refractivity contribution >= 4 is 12.3 Å². The van der Waals surface area contributed by atoms with Crippen molar-refractivity contribution in [2.45, 2.75) is 126 Å². The van der Waals surface area contributed by atoms with Gasteiger partial charge in [0.25, 0.3) is 0 Å². The zero-order valence-electron chi connectivity index (χ0n) is 23.8. The van der Waals surface area contributed by atoms with E-state index in [-0.39, 0.29) is 39.1 Å². The Labute approximate surface area is 214 Å². The number of hydrogen-bond acceptors (Lipinski definition) is 3. The highest BCUT2D eigenvalue weighted by molar-refractivity contribution is 5.69. The van der Waals surface area contributed by atoms with Crippen LogP contribution < -0.4 is 0 Å². The summed E-state index contributed by atoms with van der Waals surface area (Å²) in [5.74, 6) is 2.26. The number of carbonyl (C=O) groups excluding carboxylic acids is 2. The Morgan fingerprint density at radius 3 is 2.23 bits per heavy atom. The highest BCUT2D eigenvalue weighted by Crippen LogP contribution is 2.76. The van der Waals surface area contributed by atoms with Gasteiger partial charge >= 0.3 is 5.97 Å². The van der Waals surface area contributed by atoms with Gasteiger partial charge in [0.1, 0.15) is 12.4 Å². The molecular weight excluding hydrogens is 432 g/mol. The summed E-state index contributed by atoms with van der Waals surface area (Å²) in [4.78, 5) is 24.5. The standard InChI is InChI=1S/C32H50O3/c1-20(2)22-11-16-32(19-33)18-17-30(7)23(27(22)32)9-10-25-29(6)14-13-26(35-21(3)34)28(4,5)24(29)12-15-31(25,30)8/h19-20,23-26H,9-18H2,1-8H3/t23-,24+,25-,26+,29+,30-,31-,32-/m1/s1. The Morgan fingerprint density at radius 2 is 1.60 bits per heavy atom. The third-order valence-corrected chi connectivity index (χ3v) is 13.2. The zero-order chi connectivity index (χ0) is 25.6. The molecule has 4 saturated carbocycles. The molecule has 5 rings (SSSR count). The van der Waals surface area contributed by atoms with E-state index in [4.69, 9.17) is 4.74 Å². The molecule has 0 bridgehead atoms. The highest BCUT2D eigenvalue weighted by Gasteiger charge is 2.69. The summed E-state index contributed by atoms with van der Waals surface area (Å²) in [5, 5.41) is 0. The summed E-state index contributed by atoms with van der Waals surface area (Å²) in [6.07, 6.45) is 13.0. The minimum Gasteiger partial charge on any atom is -0.462 e. The summed E-state index contributed by atoms with van der Waals surface area (Å²) in [5.41, 5.74) is 3.89. The monoisotopic (exact) mass is 482 g/mol. The summed E-state index contributed by atoms with van der Waals surface area (Å²) in [6.45, 7) is 18.9. The van der Waals surface area contributed by atoms with E-state index < -0.39 is 0 Å². The summed E-state index contributed by atoms with van der Waals surface area (Å²) in [6, 6.07) is 0. The van der Waals surface area contributed by atoms with E-state index in [1.165, 1.54) is 38.4 Å². The van der Waals surface area contributed by atoms with Crippen molar-refractivity contribution in [2.75, 3.05) is 0 Å². The van der Waals surface area contributed by atoms with Crippen LogP contribution in [-0.2, 0) is 14.3 Å². The maximum atomic E-state index is 12.6. The van der Waals surface area contributed by atoms with E-state index in [0.29, 0.717) is 23.7 Å². The number of esters is 1. The molecule has 5 aliphatic rings. The molecule has 3 nitrogen and oxygen atoms in total. The van der Waals surface area contributed by atoms with Gasteiger partial charge in [-0.25, -0.2) is 0 Å². The van der Waals surface area contributed by atoms with Crippen LogP contribution in [0.2, 0.25) is 0 Å². The van der Waals surface area contributed by atoms with E-state index >= 15 is 0 Å². The van der Waals surface area contributed by atoms with Crippen molar-refractivity contribution in [2.24, 2.45) is 50.7 Å². The van der Waals surface area contributed by atoms with Crippen molar-refractivity contribution < 1.29 is 14.3 Å². The van der Waals surface area contributed by atoms with Crippen LogP contribution in [0.1, 0.15) is 120 Å². The lowest BCUT2D eigenvalue weighted by molar-refractivity contribution is -0.232. The van der Waals surface area contributed by atoms with E-state index in [2.05, 4.69) is 48.5 Å². The molecule has 0 aliphatic heterocycles. The molecule has 0 unspecified atom stereocenters. The highest BCUT2D eigenvalue weighted by atomic mass is 16.5. The first-order valence-corrected chi connectivity index (χ1v) is 14.6. The number of ether oxygens (including phenoxy) is 1. The largest absolute Gasteiger partial charge is 0.462 e. The van der Waals surface area contributed by atoms with Gasteiger partial charge in [0, 0.05) is 17.8 Å². The summed E-state index contributed by atoms with van der Waals surface area (Å²) < 4.78 is 5.89. The molecule has 0 heterocycles. The summed E-state index contributed by atoms with van der Waals surface area (Å²) >= 11 is 0. The average molecular weight is 483 g/mol. The minimum absolute atomic E-state index is 0.00970. The van der Waals surface area contributed by atoms with Crippen molar-refractivity contribution in [3.05, 3.63) is 11.1 Å². The van der Waals surface area contributed by atoms with Crippen LogP contribution in [0.15, 0.2) is 11.1 Å². The number of allylic oxidation sites excluding steroid dienone is 2. The smallest absolute Gasteiger partial charge is 0.302 e. The van der Waals surface area contributed by atoms with Crippen LogP contribution in [-0.4, -0.2) is 18.4 Å². The Kier molecular flexibility index (Phi) is 5.79. The first kappa shape index (κ1) is 25.5. The number of hydrogen-bond donors (Lipinski definition) is 0. The molecule has 8 atom stereocenters. The molecule has 0 N–H and O–H groups in total. The first-order valence-electron chi connectivity index (χ1n) is 14.6. The third kappa shape index (κ3) is 3.21. The first-order chi connectivity index (χ1) is 16.3. The van der Waals surface area contributed by atoms with E-state index in [1.54, 1.807) is 18.1 Å². The molecule has 0 aromatic carbocycles. The predicted octanol–water partition coefficient (Wildman–Crippen LogP) is 7.92. The molecule has 0 radical (unpaired) electrons. The van der Waals surface area contributed by atoms with Gasteiger partial charge in [0.2, 0.25) is 0 Å². The van der Waals surface area contributed by atoms with E-state index in [1.807, 2.05) is 0 Å².